The number of alkyl halides is 2. The Morgan fingerprint density at radius 3 is 2.60 bits per heavy atom. The summed E-state index contributed by atoms with van der Waals surface area (Å²) in [5.74, 6) is -2.56. The molecule has 0 spiro atoms. The summed E-state index contributed by atoms with van der Waals surface area (Å²) in [7, 11) is 0. The van der Waals surface area contributed by atoms with Crippen molar-refractivity contribution >= 4 is 5.69 Å². The van der Waals surface area contributed by atoms with Crippen LogP contribution in [0.15, 0.2) is 42.6 Å². The molecule has 0 fully saturated rings. The fourth-order valence-electron chi connectivity index (χ4n) is 1.65. The molecule has 1 heterocycles. The first-order valence-corrected chi connectivity index (χ1v) is 5.04. The quantitative estimate of drug-likeness (QED) is 0.684. The van der Waals surface area contributed by atoms with Gasteiger partial charge in [0.25, 0.3) is 5.92 Å². The molecule has 3 heteroatoms. The second-order valence-corrected chi connectivity index (χ2v) is 3.72. The van der Waals surface area contributed by atoms with Gasteiger partial charge in [-0.2, -0.15) is 0 Å². The molecule has 1 aliphatic heterocycles. The third-order valence-corrected chi connectivity index (χ3v) is 2.51. The Hall–Kier alpha value is -1.38. The number of rotatable bonds is 1. The van der Waals surface area contributed by atoms with Crippen LogP contribution in [0, 0.1) is 0 Å². The molecule has 0 aromatic heterocycles. The van der Waals surface area contributed by atoms with E-state index in [9.17, 15) is 8.78 Å². The van der Waals surface area contributed by atoms with Crippen LogP contribution in [-0.2, 0) is 0 Å². The maximum absolute atomic E-state index is 13.1. The van der Waals surface area contributed by atoms with Crippen molar-refractivity contribution in [2.45, 2.75) is 18.8 Å². The first-order chi connectivity index (χ1) is 7.17. The summed E-state index contributed by atoms with van der Waals surface area (Å²) < 4.78 is 26.2. The minimum Gasteiger partial charge on any atom is -0.348 e. The van der Waals surface area contributed by atoms with Crippen LogP contribution in [0.25, 0.3) is 0 Å². The minimum atomic E-state index is -2.56. The van der Waals surface area contributed by atoms with Crippen molar-refractivity contribution in [3.8, 4) is 0 Å². The van der Waals surface area contributed by atoms with Gasteiger partial charge in [-0.15, -0.1) is 0 Å². The largest absolute Gasteiger partial charge is 0.348 e. The first kappa shape index (κ1) is 10.1. The molecule has 80 valence electrons. The standard InChI is InChI=1S/C12H13F2N/c13-12(14)7-4-9-15(10-8-12)11-5-2-1-3-6-11/h1-6,9H,7-8,10H2. The molecule has 0 N–H and O–H groups in total. The summed E-state index contributed by atoms with van der Waals surface area (Å²) in [5, 5.41) is 0. The van der Waals surface area contributed by atoms with E-state index in [2.05, 4.69) is 0 Å². The summed E-state index contributed by atoms with van der Waals surface area (Å²) in [6, 6.07) is 9.58. The first-order valence-electron chi connectivity index (χ1n) is 5.04. The number of hydrogen-bond donors (Lipinski definition) is 0. The van der Waals surface area contributed by atoms with Crippen LogP contribution < -0.4 is 4.90 Å². The van der Waals surface area contributed by atoms with Crippen LogP contribution in [0.3, 0.4) is 0 Å². The highest BCUT2D eigenvalue weighted by atomic mass is 19.3. The van der Waals surface area contributed by atoms with Gasteiger partial charge >= 0.3 is 0 Å². The Morgan fingerprint density at radius 2 is 1.87 bits per heavy atom. The number of para-hydroxylation sites is 1. The van der Waals surface area contributed by atoms with Crippen LogP contribution in [0.1, 0.15) is 12.8 Å². The summed E-state index contributed by atoms with van der Waals surface area (Å²) in [4.78, 5) is 1.86. The lowest BCUT2D eigenvalue weighted by Crippen LogP contribution is -2.22. The molecular weight excluding hydrogens is 196 g/mol. The van der Waals surface area contributed by atoms with Crippen LogP contribution in [0.5, 0.6) is 0 Å². The minimum absolute atomic E-state index is 0.0884. The molecule has 0 aliphatic carbocycles. The number of halogens is 2. The number of anilines is 1. The molecule has 0 unspecified atom stereocenters. The smallest absolute Gasteiger partial charge is 0.253 e. The van der Waals surface area contributed by atoms with Gasteiger partial charge in [0.05, 0.1) is 0 Å². The molecule has 0 radical (unpaired) electrons. The summed E-state index contributed by atoms with van der Waals surface area (Å²) >= 11 is 0. The summed E-state index contributed by atoms with van der Waals surface area (Å²) in [6.07, 6.45) is 3.04. The summed E-state index contributed by atoms with van der Waals surface area (Å²) in [5.41, 5.74) is 0.964. The zero-order chi connectivity index (χ0) is 10.7. The Morgan fingerprint density at radius 1 is 1.13 bits per heavy atom. The van der Waals surface area contributed by atoms with Crippen molar-refractivity contribution in [3.05, 3.63) is 42.6 Å². The van der Waals surface area contributed by atoms with E-state index in [0.29, 0.717) is 6.54 Å². The van der Waals surface area contributed by atoms with Crippen LogP contribution in [0.4, 0.5) is 14.5 Å². The highest BCUT2D eigenvalue weighted by Crippen LogP contribution is 2.28. The van der Waals surface area contributed by atoms with Gasteiger partial charge in [0, 0.05) is 31.3 Å². The second kappa shape index (κ2) is 4.01. The average Bonchev–Trinajstić information content (AvgIpc) is 2.41. The molecule has 0 amide bonds. The van der Waals surface area contributed by atoms with Gasteiger partial charge in [0.1, 0.15) is 0 Å². The van der Waals surface area contributed by atoms with E-state index in [1.807, 2.05) is 35.2 Å². The van der Waals surface area contributed by atoms with Gasteiger partial charge in [-0.25, -0.2) is 8.78 Å². The van der Waals surface area contributed by atoms with Gasteiger partial charge in [-0.1, -0.05) is 24.3 Å². The van der Waals surface area contributed by atoms with Crippen molar-refractivity contribution in [2.24, 2.45) is 0 Å². The fourth-order valence-corrected chi connectivity index (χ4v) is 1.65. The number of benzene rings is 1. The van der Waals surface area contributed by atoms with Crippen LogP contribution in [-0.4, -0.2) is 12.5 Å². The molecule has 2 rings (SSSR count). The zero-order valence-electron chi connectivity index (χ0n) is 8.37. The molecule has 0 atom stereocenters. The van der Waals surface area contributed by atoms with Crippen molar-refractivity contribution in [1.29, 1.82) is 0 Å². The second-order valence-electron chi connectivity index (χ2n) is 3.72. The Labute approximate surface area is 88.0 Å². The van der Waals surface area contributed by atoms with E-state index in [-0.39, 0.29) is 12.8 Å². The molecule has 1 nitrogen and oxygen atoms in total. The third-order valence-electron chi connectivity index (χ3n) is 2.51. The predicted octanol–water partition coefficient (Wildman–Crippen LogP) is 3.44. The van der Waals surface area contributed by atoms with E-state index < -0.39 is 5.92 Å². The molecular formula is C12H13F2N. The van der Waals surface area contributed by atoms with Crippen molar-refractivity contribution in [3.63, 3.8) is 0 Å². The van der Waals surface area contributed by atoms with Gasteiger partial charge < -0.3 is 4.90 Å². The lowest BCUT2D eigenvalue weighted by Gasteiger charge is -2.20. The fraction of sp³-hybridized carbons (Fsp3) is 0.333. The molecule has 1 aromatic rings. The normalized spacial score (nSPS) is 20.0. The monoisotopic (exact) mass is 209 g/mol. The zero-order valence-corrected chi connectivity index (χ0v) is 8.37. The maximum atomic E-state index is 13.1. The highest BCUT2D eigenvalue weighted by Gasteiger charge is 2.29. The Balaban J connectivity index is 2.13. The van der Waals surface area contributed by atoms with Gasteiger partial charge in [-0.05, 0) is 12.1 Å². The van der Waals surface area contributed by atoms with Crippen LogP contribution >= 0.6 is 0 Å². The van der Waals surface area contributed by atoms with E-state index in [1.165, 1.54) is 0 Å². The molecule has 15 heavy (non-hydrogen) atoms. The molecule has 1 aromatic carbocycles. The molecule has 1 aliphatic rings. The topological polar surface area (TPSA) is 3.24 Å². The molecule has 0 saturated carbocycles. The van der Waals surface area contributed by atoms with Crippen LogP contribution in [0.2, 0.25) is 0 Å². The van der Waals surface area contributed by atoms with E-state index in [1.54, 1.807) is 12.3 Å². The third kappa shape index (κ3) is 2.55. The highest BCUT2D eigenvalue weighted by molar-refractivity contribution is 5.49. The van der Waals surface area contributed by atoms with Crippen molar-refractivity contribution < 1.29 is 8.78 Å². The van der Waals surface area contributed by atoms with Gasteiger partial charge in [-0.3, -0.25) is 0 Å². The predicted molar refractivity (Wildman–Crippen MR) is 57.1 cm³/mol. The van der Waals surface area contributed by atoms with Crippen molar-refractivity contribution in [1.82, 2.24) is 0 Å². The Kier molecular flexibility index (Phi) is 2.71. The van der Waals surface area contributed by atoms with E-state index >= 15 is 0 Å². The number of nitrogens with zero attached hydrogens (tertiary/aromatic N) is 1. The maximum Gasteiger partial charge on any atom is 0.253 e. The number of allylic oxidation sites excluding steroid dienone is 1. The van der Waals surface area contributed by atoms with Gasteiger partial charge in [0.2, 0.25) is 0 Å². The van der Waals surface area contributed by atoms with E-state index in [4.69, 9.17) is 0 Å². The van der Waals surface area contributed by atoms with E-state index in [0.717, 1.165) is 5.69 Å². The van der Waals surface area contributed by atoms with Gasteiger partial charge in [0.15, 0.2) is 0 Å². The lowest BCUT2D eigenvalue weighted by atomic mass is 10.2. The lowest BCUT2D eigenvalue weighted by molar-refractivity contribution is -0.000309. The molecule has 0 bridgehead atoms. The number of hydrogen-bond acceptors (Lipinski definition) is 1. The van der Waals surface area contributed by atoms with Crippen molar-refractivity contribution in [2.75, 3.05) is 11.4 Å². The Bertz CT molecular complexity index is 346. The average molecular weight is 209 g/mol. The molecule has 0 saturated heterocycles. The summed E-state index contributed by atoms with van der Waals surface area (Å²) in [6.45, 7) is 0.369. The SMILES string of the molecule is FC1(F)CC=CN(c2ccccc2)CC1.